The van der Waals surface area contributed by atoms with Crippen LogP contribution >= 0.6 is 0 Å². The third kappa shape index (κ3) is 3.27. The molecule has 0 radical (unpaired) electrons. The zero-order valence-electron chi connectivity index (χ0n) is 9.16. The van der Waals surface area contributed by atoms with Crippen LogP contribution in [0.2, 0.25) is 0 Å². The molecule has 3 heteroatoms. The van der Waals surface area contributed by atoms with Gasteiger partial charge in [-0.1, -0.05) is 26.0 Å². The number of anilines is 1. The molecule has 0 saturated carbocycles. The lowest BCUT2D eigenvalue weighted by Gasteiger charge is -2.09. The van der Waals surface area contributed by atoms with Crippen molar-refractivity contribution in [2.75, 3.05) is 5.73 Å². The zero-order chi connectivity index (χ0) is 11.4. The highest BCUT2D eigenvalue weighted by Gasteiger charge is 2.05. The van der Waals surface area contributed by atoms with Crippen molar-refractivity contribution < 1.29 is 9.90 Å². The standard InChI is InChI=1S/C12H17NO2/c1-8(2)10-4-3-9(11(13)7-10)5-6-12(14)15/h3-4,7-8H,5-6,13H2,1-2H3,(H,14,15). The fourth-order valence-corrected chi connectivity index (χ4v) is 1.44. The van der Waals surface area contributed by atoms with Crippen molar-refractivity contribution in [3.05, 3.63) is 29.3 Å². The van der Waals surface area contributed by atoms with Crippen LogP contribution in [0.15, 0.2) is 18.2 Å². The van der Waals surface area contributed by atoms with Crippen molar-refractivity contribution in [2.45, 2.75) is 32.6 Å². The van der Waals surface area contributed by atoms with E-state index in [1.54, 1.807) is 0 Å². The van der Waals surface area contributed by atoms with E-state index in [4.69, 9.17) is 10.8 Å². The second-order valence-corrected chi connectivity index (χ2v) is 4.01. The van der Waals surface area contributed by atoms with Crippen molar-refractivity contribution in [3.63, 3.8) is 0 Å². The first kappa shape index (κ1) is 11.6. The van der Waals surface area contributed by atoms with Crippen LogP contribution in [-0.2, 0) is 11.2 Å². The van der Waals surface area contributed by atoms with Crippen LogP contribution in [0.5, 0.6) is 0 Å². The Kier molecular flexibility index (Phi) is 3.72. The first-order valence-corrected chi connectivity index (χ1v) is 5.10. The molecule has 3 nitrogen and oxygen atoms in total. The second-order valence-electron chi connectivity index (χ2n) is 4.01. The normalized spacial score (nSPS) is 10.6. The minimum atomic E-state index is -0.790. The summed E-state index contributed by atoms with van der Waals surface area (Å²) in [5.41, 5.74) is 8.65. The summed E-state index contributed by atoms with van der Waals surface area (Å²) in [7, 11) is 0. The van der Waals surface area contributed by atoms with E-state index in [-0.39, 0.29) is 6.42 Å². The highest BCUT2D eigenvalue weighted by molar-refractivity contribution is 5.67. The topological polar surface area (TPSA) is 63.3 Å². The number of hydrogen-bond acceptors (Lipinski definition) is 2. The molecular weight excluding hydrogens is 190 g/mol. The Balaban J connectivity index is 2.79. The number of aliphatic carboxylic acids is 1. The van der Waals surface area contributed by atoms with Crippen molar-refractivity contribution >= 4 is 11.7 Å². The molecule has 0 fully saturated rings. The quantitative estimate of drug-likeness (QED) is 0.745. The lowest BCUT2D eigenvalue weighted by molar-refractivity contribution is -0.136. The molecule has 15 heavy (non-hydrogen) atoms. The summed E-state index contributed by atoms with van der Waals surface area (Å²) in [4.78, 5) is 10.4. The summed E-state index contributed by atoms with van der Waals surface area (Å²) in [5.74, 6) is -0.344. The van der Waals surface area contributed by atoms with Gasteiger partial charge in [0.05, 0.1) is 0 Å². The lowest BCUT2D eigenvalue weighted by atomic mass is 9.98. The summed E-state index contributed by atoms with van der Waals surface area (Å²) < 4.78 is 0. The Bertz CT molecular complexity index is 359. The molecule has 0 aliphatic carbocycles. The van der Waals surface area contributed by atoms with Gasteiger partial charge in [0.25, 0.3) is 0 Å². The molecule has 0 aromatic heterocycles. The molecule has 1 aromatic rings. The molecule has 0 saturated heterocycles. The summed E-state index contributed by atoms with van der Waals surface area (Å²) in [5, 5.41) is 8.57. The predicted molar refractivity (Wildman–Crippen MR) is 60.9 cm³/mol. The maximum atomic E-state index is 10.4. The van der Waals surface area contributed by atoms with Crippen molar-refractivity contribution in [2.24, 2.45) is 0 Å². The van der Waals surface area contributed by atoms with Gasteiger partial charge in [-0.05, 0) is 29.5 Å². The SMILES string of the molecule is CC(C)c1ccc(CCC(=O)O)c(N)c1. The molecule has 0 heterocycles. The molecule has 0 unspecified atom stereocenters. The first-order valence-electron chi connectivity index (χ1n) is 5.10. The van der Waals surface area contributed by atoms with Crippen molar-refractivity contribution in [1.82, 2.24) is 0 Å². The fraction of sp³-hybridized carbons (Fsp3) is 0.417. The van der Waals surface area contributed by atoms with Crippen LogP contribution < -0.4 is 5.73 Å². The summed E-state index contributed by atoms with van der Waals surface area (Å²) in [6.07, 6.45) is 0.630. The molecule has 1 aromatic carbocycles. The number of benzene rings is 1. The molecule has 82 valence electrons. The summed E-state index contributed by atoms with van der Waals surface area (Å²) >= 11 is 0. The number of rotatable bonds is 4. The Morgan fingerprint density at radius 1 is 1.47 bits per heavy atom. The van der Waals surface area contributed by atoms with Crippen LogP contribution in [0.3, 0.4) is 0 Å². The molecular formula is C12H17NO2. The van der Waals surface area contributed by atoms with Crippen LogP contribution in [0, 0.1) is 0 Å². The Morgan fingerprint density at radius 2 is 2.13 bits per heavy atom. The van der Waals surface area contributed by atoms with Gasteiger partial charge in [0, 0.05) is 12.1 Å². The van der Waals surface area contributed by atoms with Gasteiger partial charge in [0.1, 0.15) is 0 Å². The van der Waals surface area contributed by atoms with Crippen LogP contribution in [0.25, 0.3) is 0 Å². The van der Waals surface area contributed by atoms with Gasteiger partial charge in [-0.3, -0.25) is 4.79 Å². The van der Waals surface area contributed by atoms with Crippen LogP contribution in [0.4, 0.5) is 5.69 Å². The van der Waals surface area contributed by atoms with Crippen molar-refractivity contribution in [3.8, 4) is 0 Å². The number of nitrogen functional groups attached to an aromatic ring is 1. The van der Waals surface area contributed by atoms with Gasteiger partial charge in [-0.2, -0.15) is 0 Å². The molecule has 0 amide bonds. The third-order valence-electron chi connectivity index (χ3n) is 2.44. The maximum absolute atomic E-state index is 10.4. The largest absolute Gasteiger partial charge is 0.481 e. The van der Waals surface area contributed by atoms with Gasteiger partial charge in [0.15, 0.2) is 0 Å². The number of carboxylic acid groups (broad SMARTS) is 1. The van der Waals surface area contributed by atoms with Crippen molar-refractivity contribution in [1.29, 1.82) is 0 Å². The Labute approximate surface area is 89.9 Å². The third-order valence-corrected chi connectivity index (χ3v) is 2.44. The molecule has 0 atom stereocenters. The maximum Gasteiger partial charge on any atom is 0.303 e. The lowest BCUT2D eigenvalue weighted by Crippen LogP contribution is -2.01. The summed E-state index contributed by atoms with van der Waals surface area (Å²) in [6, 6.07) is 5.87. The average Bonchev–Trinajstić information content (AvgIpc) is 2.15. The summed E-state index contributed by atoms with van der Waals surface area (Å²) in [6.45, 7) is 4.21. The minimum absolute atomic E-state index is 0.130. The predicted octanol–water partition coefficient (Wildman–Crippen LogP) is 2.41. The molecule has 0 bridgehead atoms. The van der Waals surface area contributed by atoms with E-state index in [1.165, 1.54) is 5.56 Å². The molecule has 0 spiro atoms. The number of carbonyl (C=O) groups is 1. The molecule has 3 N–H and O–H groups in total. The number of aryl methyl sites for hydroxylation is 1. The average molecular weight is 207 g/mol. The van der Waals surface area contributed by atoms with E-state index < -0.39 is 5.97 Å². The van der Waals surface area contributed by atoms with Gasteiger partial charge in [0.2, 0.25) is 0 Å². The van der Waals surface area contributed by atoms with E-state index in [2.05, 4.69) is 13.8 Å². The van der Waals surface area contributed by atoms with Gasteiger partial charge in [-0.25, -0.2) is 0 Å². The fourth-order valence-electron chi connectivity index (χ4n) is 1.44. The highest BCUT2D eigenvalue weighted by atomic mass is 16.4. The number of hydrogen-bond donors (Lipinski definition) is 2. The molecule has 0 aliphatic heterocycles. The van der Waals surface area contributed by atoms with E-state index in [0.717, 1.165) is 5.56 Å². The molecule has 0 aliphatic rings. The number of nitrogens with two attached hydrogens (primary N) is 1. The highest BCUT2D eigenvalue weighted by Crippen LogP contribution is 2.21. The zero-order valence-corrected chi connectivity index (χ0v) is 9.16. The van der Waals surface area contributed by atoms with E-state index in [9.17, 15) is 4.79 Å². The smallest absolute Gasteiger partial charge is 0.303 e. The van der Waals surface area contributed by atoms with E-state index in [1.807, 2.05) is 18.2 Å². The van der Waals surface area contributed by atoms with Gasteiger partial charge in [-0.15, -0.1) is 0 Å². The van der Waals surface area contributed by atoms with Crippen LogP contribution in [-0.4, -0.2) is 11.1 Å². The Hall–Kier alpha value is -1.51. The first-order chi connectivity index (χ1) is 7.00. The Morgan fingerprint density at radius 3 is 2.60 bits per heavy atom. The van der Waals surface area contributed by atoms with Gasteiger partial charge < -0.3 is 10.8 Å². The second kappa shape index (κ2) is 4.82. The number of carboxylic acids is 1. The van der Waals surface area contributed by atoms with Gasteiger partial charge >= 0.3 is 5.97 Å². The van der Waals surface area contributed by atoms with E-state index >= 15 is 0 Å². The minimum Gasteiger partial charge on any atom is -0.481 e. The monoisotopic (exact) mass is 207 g/mol. The van der Waals surface area contributed by atoms with Crippen LogP contribution in [0.1, 0.15) is 37.3 Å². The molecule has 1 rings (SSSR count). The van der Waals surface area contributed by atoms with E-state index in [0.29, 0.717) is 18.0 Å².